The van der Waals surface area contributed by atoms with Crippen LogP contribution in [0.3, 0.4) is 0 Å². The lowest BCUT2D eigenvalue weighted by Gasteiger charge is -2.31. The molecule has 0 aromatic carbocycles. The van der Waals surface area contributed by atoms with Crippen LogP contribution in [0.25, 0.3) is 0 Å². The molecule has 0 saturated heterocycles. The quantitative estimate of drug-likeness (QED) is 0.456. The zero-order chi connectivity index (χ0) is 15.1. The van der Waals surface area contributed by atoms with Gasteiger partial charge in [-0.05, 0) is 82.0 Å². The minimum Gasteiger partial charge on any atom is -0.0822 e. The maximum Gasteiger partial charge on any atom is -0.0206 e. The van der Waals surface area contributed by atoms with Crippen LogP contribution in [0.1, 0.15) is 97.8 Å². The van der Waals surface area contributed by atoms with Crippen LogP contribution in [0, 0.1) is 23.7 Å². The average Bonchev–Trinajstić information content (AvgIpc) is 2.50. The fourth-order valence-corrected chi connectivity index (χ4v) is 4.87. The normalized spacial score (nSPS) is 34.9. The van der Waals surface area contributed by atoms with E-state index in [1.54, 1.807) is 5.57 Å². The Kier molecular flexibility index (Phi) is 7.34. The van der Waals surface area contributed by atoms with Gasteiger partial charge in [0.15, 0.2) is 0 Å². The van der Waals surface area contributed by atoms with Crippen molar-refractivity contribution in [1.29, 1.82) is 0 Å². The van der Waals surface area contributed by atoms with Crippen molar-refractivity contribution >= 4 is 0 Å². The highest BCUT2D eigenvalue weighted by Crippen LogP contribution is 2.38. The van der Waals surface area contributed by atoms with Crippen LogP contribution in [0.5, 0.6) is 0 Å². The molecule has 0 bridgehead atoms. The molecule has 2 rings (SSSR count). The maximum atomic E-state index is 2.69. The Morgan fingerprint density at radius 2 is 1.24 bits per heavy atom. The molecule has 0 aliphatic heterocycles. The third-order valence-electron chi connectivity index (χ3n) is 6.27. The van der Waals surface area contributed by atoms with Gasteiger partial charge in [0, 0.05) is 0 Å². The van der Waals surface area contributed by atoms with E-state index in [0.717, 1.165) is 23.7 Å². The summed E-state index contributed by atoms with van der Waals surface area (Å²) < 4.78 is 0. The monoisotopic (exact) mass is 290 g/mol. The fourth-order valence-electron chi connectivity index (χ4n) is 4.87. The minimum absolute atomic E-state index is 0.909. The van der Waals surface area contributed by atoms with Gasteiger partial charge in [0.05, 0.1) is 0 Å². The molecular weight excluding hydrogens is 252 g/mol. The second-order valence-electron chi connectivity index (χ2n) is 7.99. The van der Waals surface area contributed by atoms with Crippen molar-refractivity contribution in [3.63, 3.8) is 0 Å². The summed E-state index contributed by atoms with van der Waals surface area (Å²) in [6.07, 6.45) is 20.2. The van der Waals surface area contributed by atoms with E-state index < -0.39 is 0 Å². The summed E-state index contributed by atoms with van der Waals surface area (Å²) >= 11 is 0. The summed E-state index contributed by atoms with van der Waals surface area (Å²) in [6.45, 7) is 7.11. The van der Waals surface area contributed by atoms with Gasteiger partial charge in [-0.1, -0.05) is 51.2 Å². The van der Waals surface area contributed by atoms with Crippen molar-refractivity contribution in [2.45, 2.75) is 97.8 Å². The van der Waals surface area contributed by atoms with Crippen molar-refractivity contribution in [3.05, 3.63) is 11.6 Å². The van der Waals surface area contributed by atoms with Crippen LogP contribution >= 0.6 is 0 Å². The molecule has 0 spiro atoms. The molecule has 0 nitrogen and oxygen atoms in total. The van der Waals surface area contributed by atoms with Crippen LogP contribution in [0.2, 0.25) is 0 Å². The number of hydrogen-bond donors (Lipinski definition) is 0. The highest BCUT2D eigenvalue weighted by molar-refractivity contribution is 5.07. The van der Waals surface area contributed by atoms with Crippen LogP contribution in [0.15, 0.2) is 11.6 Å². The van der Waals surface area contributed by atoms with E-state index in [0.29, 0.717) is 0 Å². The van der Waals surface area contributed by atoms with Crippen LogP contribution < -0.4 is 0 Å². The maximum absolute atomic E-state index is 2.69. The van der Waals surface area contributed by atoms with E-state index in [1.807, 2.05) is 0 Å². The van der Waals surface area contributed by atoms with Crippen LogP contribution in [-0.2, 0) is 0 Å². The molecule has 0 heterocycles. The lowest BCUT2D eigenvalue weighted by atomic mass is 9.75. The van der Waals surface area contributed by atoms with E-state index in [2.05, 4.69) is 26.8 Å². The Balaban J connectivity index is 1.74. The molecule has 0 radical (unpaired) electrons. The number of allylic oxidation sites excluding steroid dienone is 2. The zero-order valence-electron chi connectivity index (χ0n) is 14.9. The fraction of sp³-hybridized carbons (Fsp3) is 0.905. The van der Waals surface area contributed by atoms with Crippen LogP contribution in [-0.4, -0.2) is 0 Å². The Morgan fingerprint density at radius 3 is 1.71 bits per heavy atom. The van der Waals surface area contributed by atoms with Gasteiger partial charge in [-0.3, -0.25) is 0 Å². The van der Waals surface area contributed by atoms with E-state index in [9.17, 15) is 0 Å². The zero-order valence-corrected chi connectivity index (χ0v) is 14.9. The Hall–Kier alpha value is -0.260. The lowest BCUT2D eigenvalue weighted by Crippen LogP contribution is -2.17. The van der Waals surface area contributed by atoms with Gasteiger partial charge in [-0.25, -0.2) is 0 Å². The molecule has 0 atom stereocenters. The molecule has 0 aromatic heterocycles. The summed E-state index contributed by atoms with van der Waals surface area (Å²) in [6, 6.07) is 0. The largest absolute Gasteiger partial charge is 0.0822 e. The van der Waals surface area contributed by atoms with E-state index >= 15 is 0 Å². The van der Waals surface area contributed by atoms with Crippen molar-refractivity contribution in [2.75, 3.05) is 0 Å². The highest BCUT2D eigenvalue weighted by Gasteiger charge is 2.23. The standard InChI is InChI=1S/C21H38/c1-4-6-18-8-10-20(11-9-18)16-17(3)21-14-12-19(7-5-2)13-15-21/h16,18-21H,4-15H2,1-3H3/b17-16+. The molecule has 0 amide bonds. The van der Waals surface area contributed by atoms with Gasteiger partial charge in [-0.15, -0.1) is 0 Å². The molecular formula is C21H38. The van der Waals surface area contributed by atoms with Gasteiger partial charge in [0.1, 0.15) is 0 Å². The molecule has 2 fully saturated rings. The van der Waals surface area contributed by atoms with Gasteiger partial charge >= 0.3 is 0 Å². The molecule has 2 aliphatic rings. The third kappa shape index (κ3) is 5.46. The molecule has 0 heteroatoms. The predicted octanol–water partition coefficient (Wildman–Crippen LogP) is 7.15. The minimum atomic E-state index is 0.909. The first-order chi connectivity index (χ1) is 10.2. The second-order valence-corrected chi connectivity index (χ2v) is 7.99. The SMILES string of the molecule is CCCC1CCC(/C=C(\C)C2CCC(CCC)CC2)CC1. The molecule has 0 N–H and O–H groups in total. The predicted molar refractivity (Wildman–Crippen MR) is 94.5 cm³/mol. The first-order valence-corrected chi connectivity index (χ1v) is 9.91. The van der Waals surface area contributed by atoms with Crippen LogP contribution in [0.4, 0.5) is 0 Å². The van der Waals surface area contributed by atoms with E-state index in [-0.39, 0.29) is 0 Å². The third-order valence-corrected chi connectivity index (χ3v) is 6.27. The van der Waals surface area contributed by atoms with Gasteiger partial charge in [-0.2, -0.15) is 0 Å². The number of hydrogen-bond acceptors (Lipinski definition) is 0. The Morgan fingerprint density at radius 1 is 0.762 bits per heavy atom. The number of rotatable bonds is 6. The van der Waals surface area contributed by atoms with E-state index in [4.69, 9.17) is 0 Å². The topological polar surface area (TPSA) is 0 Å². The molecule has 122 valence electrons. The smallest absolute Gasteiger partial charge is 0.0206 e. The van der Waals surface area contributed by atoms with E-state index in [1.165, 1.54) is 77.0 Å². The summed E-state index contributed by atoms with van der Waals surface area (Å²) in [7, 11) is 0. The van der Waals surface area contributed by atoms with Crippen molar-refractivity contribution in [1.82, 2.24) is 0 Å². The second kappa shape index (κ2) is 9.01. The summed E-state index contributed by atoms with van der Waals surface area (Å²) in [4.78, 5) is 0. The van der Waals surface area contributed by atoms with Gasteiger partial charge in [0.2, 0.25) is 0 Å². The summed E-state index contributed by atoms with van der Waals surface area (Å²) in [5.41, 5.74) is 1.74. The average molecular weight is 291 g/mol. The molecule has 21 heavy (non-hydrogen) atoms. The highest BCUT2D eigenvalue weighted by atomic mass is 14.3. The van der Waals surface area contributed by atoms with Crippen molar-refractivity contribution < 1.29 is 0 Å². The summed E-state index contributed by atoms with van der Waals surface area (Å²) in [5, 5.41) is 0. The molecule has 2 saturated carbocycles. The molecule has 0 unspecified atom stereocenters. The van der Waals surface area contributed by atoms with Crippen molar-refractivity contribution in [3.8, 4) is 0 Å². The summed E-state index contributed by atoms with van der Waals surface area (Å²) in [5.74, 6) is 3.92. The van der Waals surface area contributed by atoms with Gasteiger partial charge < -0.3 is 0 Å². The molecule has 2 aliphatic carbocycles. The van der Waals surface area contributed by atoms with Crippen molar-refractivity contribution in [2.24, 2.45) is 23.7 Å². The lowest BCUT2D eigenvalue weighted by molar-refractivity contribution is 0.277. The Bertz CT molecular complexity index is 298. The Labute approximate surface area is 133 Å². The first-order valence-electron chi connectivity index (χ1n) is 9.91. The molecule has 0 aromatic rings. The van der Waals surface area contributed by atoms with Gasteiger partial charge in [0.25, 0.3) is 0 Å². The first kappa shape index (κ1) is 17.1.